The summed E-state index contributed by atoms with van der Waals surface area (Å²) in [5, 5.41) is 2.78. The second-order valence-corrected chi connectivity index (χ2v) is 11.4. The maximum Gasteiger partial charge on any atom is 0.243 e. The zero-order valence-electron chi connectivity index (χ0n) is 21.4. The normalized spacial score (nSPS) is 12.5. The maximum atomic E-state index is 12.9. The van der Waals surface area contributed by atoms with Crippen LogP contribution in [0.15, 0.2) is 78.9 Å². The number of ether oxygens (including phenoxy) is 2. The smallest absolute Gasteiger partial charge is 0.243 e. The summed E-state index contributed by atoms with van der Waals surface area (Å²) in [6.07, 6.45) is 1.08. The van der Waals surface area contributed by atoms with Crippen molar-refractivity contribution in [3.63, 3.8) is 0 Å². The molecular weight excluding hydrogens is 476 g/mol. The van der Waals surface area contributed by atoms with Gasteiger partial charge in [-0.2, -0.15) is 0 Å². The molecule has 3 aromatic rings. The van der Waals surface area contributed by atoms with Gasteiger partial charge in [-0.3, -0.25) is 9.10 Å². The lowest BCUT2D eigenvalue weighted by atomic mass is 9.86. The molecule has 0 fully saturated rings. The molecule has 0 bridgehead atoms. The molecule has 0 radical (unpaired) electrons. The minimum Gasteiger partial charge on any atom is -0.491 e. The van der Waals surface area contributed by atoms with Gasteiger partial charge in [0.1, 0.15) is 29.9 Å². The van der Waals surface area contributed by atoms with Crippen molar-refractivity contribution in [1.29, 1.82) is 0 Å². The lowest BCUT2D eigenvalue weighted by molar-refractivity contribution is -0.121. The third-order valence-corrected chi connectivity index (χ3v) is 6.75. The summed E-state index contributed by atoms with van der Waals surface area (Å²) in [5.74, 6) is 1.58. The summed E-state index contributed by atoms with van der Waals surface area (Å²) in [6, 6.07) is 22.7. The molecule has 8 heteroatoms. The Labute approximate surface area is 214 Å². The van der Waals surface area contributed by atoms with Crippen LogP contribution < -0.4 is 19.1 Å². The van der Waals surface area contributed by atoms with Crippen LogP contribution in [0.2, 0.25) is 0 Å². The lowest BCUT2D eigenvalue weighted by Crippen LogP contribution is -2.48. The fourth-order valence-electron chi connectivity index (χ4n) is 3.79. The Hall–Kier alpha value is -3.52. The van der Waals surface area contributed by atoms with Gasteiger partial charge in [0.25, 0.3) is 0 Å². The number of hydrogen-bond donors (Lipinski definition) is 1. The standard InChI is InChI=1S/C28H34N2O5S/c1-21(27(31)29-19-20-34-26-14-10-9-13-25(26)28(2,3)4)30(36(5,32)33)22-15-17-24(18-16-22)35-23-11-7-6-8-12-23/h6-18,21H,19-20H2,1-5H3,(H,29,31)/t21-/m0/s1. The molecule has 3 aromatic carbocycles. The van der Waals surface area contributed by atoms with Crippen LogP contribution in [-0.2, 0) is 20.2 Å². The number of carbonyl (C=O) groups excluding carboxylic acids is 1. The molecule has 0 aliphatic heterocycles. The summed E-state index contributed by atoms with van der Waals surface area (Å²) in [7, 11) is -3.73. The van der Waals surface area contributed by atoms with Crippen LogP contribution in [0, 0.1) is 0 Å². The van der Waals surface area contributed by atoms with Gasteiger partial charge in [-0.1, -0.05) is 57.2 Å². The van der Waals surface area contributed by atoms with Gasteiger partial charge < -0.3 is 14.8 Å². The Kier molecular flexibility index (Phi) is 8.63. The van der Waals surface area contributed by atoms with Gasteiger partial charge in [-0.05, 0) is 60.4 Å². The minimum atomic E-state index is -3.73. The number of anilines is 1. The summed E-state index contributed by atoms with van der Waals surface area (Å²) in [4.78, 5) is 12.9. The van der Waals surface area contributed by atoms with E-state index in [1.807, 2.05) is 54.6 Å². The number of benzene rings is 3. The number of hydrogen-bond acceptors (Lipinski definition) is 5. The molecule has 7 nitrogen and oxygen atoms in total. The van der Waals surface area contributed by atoms with Gasteiger partial charge in [0.15, 0.2) is 0 Å². The molecule has 0 heterocycles. The SMILES string of the molecule is C[C@@H](C(=O)NCCOc1ccccc1C(C)(C)C)N(c1ccc(Oc2ccccc2)cc1)S(C)(=O)=O. The van der Waals surface area contributed by atoms with E-state index in [9.17, 15) is 13.2 Å². The number of sulfonamides is 1. The fourth-order valence-corrected chi connectivity index (χ4v) is 4.96. The van der Waals surface area contributed by atoms with E-state index in [0.29, 0.717) is 17.2 Å². The zero-order valence-corrected chi connectivity index (χ0v) is 22.2. The predicted molar refractivity (Wildman–Crippen MR) is 143 cm³/mol. The molecule has 36 heavy (non-hydrogen) atoms. The van der Waals surface area contributed by atoms with Crippen LogP contribution in [0.3, 0.4) is 0 Å². The third kappa shape index (κ3) is 7.24. The summed E-state index contributed by atoms with van der Waals surface area (Å²) in [6.45, 7) is 8.38. The number of nitrogens with zero attached hydrogens (tertiary/aromatic N) is 1. The molecule has 0 saturated carbocycles. The highest BCUT2D eigenvalue weighted by Gasteiger charge is 2.29. The van der Waals surface area contributed by atoms with Gasteiger partial charge in [0.05, 0.1) is 18.5 Å². The molecule has 1 atom stereocenters. The van der Waals surface area contributed by atoms with E-state index in [-0.39, 0.29) is 18.6 Å². The van der Waals surface area contributed by atoms with Crippen molar-refractivity contribution in [1.82, 2.24) is 5.32 Å². The lowest BCUT2D eigenvalue weighted by Gasteiger charge is -2.28. The van der Waals surface area contributed by atoms with Crippen molar-refractivity contribution >= 4 is 21.6 Å². The van der Waals surface area contributed by atoms with E-state index < -0.39 is 22.0 Å². The summed E-state index contributed by atoms with van der Waals surface area (Å²) < 4.78 is 38.0. The molecule has 3 rings (SSSR count). The number of rotatable bonds is 10. The summed E-state index contributed by atoms with van der Waals surface area (Å²) in [5.41, 5.74) is 1.37. The fraction of sp³-hybridized carbons (Fsp3) is 0.321. The van der Waals surface area contributed by atoms with Crippen molar-refractivity contribution in [3.05, 3.63) is 84.4 Å². The molecule has 0 spiro atoms. The highest BCUT2D eigenvalue weighted by molar-refractivity contribution is 7.92. The first-order valence-electron chi connectivity index (χ1n) is 11.8. The van der Waals surface area contributed by atoms with Gasteiger partial charge in [-0.15, -0.1) is 0 Å². The Morgan fingerprint density at radius 3 is 2.11 bits per heavy atom. The van der Waals surface area contributed by atoms with Crippen LogP contribution in [0.4, 0.5) is 5.69 Å². The van der Waals surface area contributed by atoms with Gasteiger partial charge in [0.2, 0.25) is 15.9 Å². The van der Waals surface area contributed by atoms with E-state index in [0.717, 1.165) is 21.9 Å². The van der Waals surface area contributed by atoms with Crippen LogP contribution in [-0.4, -0.2) is 39.8 Å². The minimum absolute atomic E-state index is 0.0774. The first-order chi connectivity index (χ1) is 17.0. The van der Waals surface area contributed by atoms with E-state index in [2.05, 4.69) is 26.1 Å². The highest BCUT2D eigenvalue weighted by Crippen LogP contribution is 2.31. The van der Waals surface area contributed by atoms with Crippen molar-refractivity contribution in [3.8, 4) is 17.2 Å². The van der Waals surface area contributed by atoms with Crippen LogP contribution in [0.25, 0.3) is 0 Å². The molecule has 0 saturated heterocycles. The van der Waals surface area contributed by atoms with Crippen molar-refractivity contribution in [2.75, 3.05) is 23.7 Å². The topological polar surface area (TPSA) is 84.9 Å². The first kappa shape index (κ1) is 27.1. The zero-order chi connectivity index (χ0) is 26.3. The molecule has 0 unspecified atom stereocenters. The second kappa shape index (κ2) is 11.5. The largest absolute Gasteiger partial charge is 0.491 e. The van der Waals surface area contributed by atoms with Crippen LogP contribution in [0.5, 0.6) is 17.2 Å². The van der Waals surface area contributed by atoms with Crippen LogP contribution >= 0.6 is 0 Å². The molecule has 0 aliphatic rings. The average Bonchev–Trinajstić information content (AvgIpc) is 2.82. The predicted octanol–water partition coefficient (Wildman–Crippen LogP) is 5.13. The quantitative estimate of drug-likeness (QED) is 0.383. The Bertz CT molecular complexity index is 1250. The van der Waals surface area contributed by atoms with E-state index in [4.69, 9.17) is 9.47 Å². The molecule has 0 aromatic heterocycles. The van der Waals surface area contributed by atoms with Gasteiger partial charge in [0, 0.05) is 0 Å². The number of carbonyl (C=O) groups is 1. The number of nitrogens with one attached hydrogen (secondary N) is 1. The number of para-hydroxylation sites is 2. The van der Waals surface area contributed by atoms with Gasteiger partial charge in [-0.25, -0.2) is 8.42 Å². The third-order valence-electron chi connectivity index (χ3n) is 5.51. The Morgan fingerprint density at radius 1 is 0.917 bits per heavy atom. The summed E-state index contributed by atoms with van der Waals surface area (Å²) >= 11 is 0. The number of amides is 1. The molecule has 1 amide bonds. The van der Waals surface area contributed by atoms with E-state index in [1.165, 1.54) is 0 Å². The molecular formula is C28H34N2O5S. The Balaban J connectivity index is 1.63. The first-order valence-corrected chi connectivity index (χ1v) is 13.6. The van der Waals surface area contributed by atoms with E-state index >= 15 is 0 Å². The maximum absolute atomic E-state index is 12.9. The second-order valence-electron chi connectivity index (χ2n) is 9.53. The van der Waals surface area contributed by atoms with E-state index in [1.54, 1.807) is 31.2 Å². The molecule has 1 N–H and O–H groups in total. The molecule has 0 aliphatic carbocycles. The van der Waals surface area contributed by atoms with Gasteiger partial charge >= 0.3 is 0 Å². The Morgan fingerprint density at radius 2 is 1.50 bits per heavy atom. The highest BCUT2D eigenvalue weighted by atomic mass is 32.2. The van der Waals surface area contributed by atoms with Crippen molar-refractivity contribution in [2.45, 2.75) is 39.2 Å². The monoisotopic (exact) mass is 510 g/mol. The van der Waals surface area contributed by atoms with Crippen LogP contribution in [0.1, 0.15) is 33.3 Å². The molecule has 192 valence electrons. The van der Waals surface area contributed by atoms with Crippen molar-refractivity contribution < 1.29 is 22.7 Å². The average molecular weight is 511 g/mol. The van der Waals surface area contributed by atoms with Crippen molar-refractivity contribution in [2.24, 2.45) is 0 Å².